The highest BCUT2D eigenvalue weighted by Crippen LogP contribution is 2.35. The third kappa shape index (κ3) is 2.43. The van der Waals surface area contributed by atoms with Gasteiger partial charge in [0.15, 0.2) is 0 Å². The predicted octanol–water partition coefficient (Wildman–Crippen LogP) is 1.30. The smallest absolute Gasteiger partial charge is 0.348 e. The normalized spacial score (nSPS) is 23.2. The summed E-state index contributed by atoms with van der Waals surface area (Å²) in [5.74, 6) is 6.14. The first-order valence-corrected chi connectivity index (χ1v) is 6.29. The standard InChI is InChI=1S/C11H18N6O2/c1-7-4-3-5-16(8(7)2)11-9(17(18)19)10(15-12)13-6-14-11/h6-8H,3-5,12H2,1-2H3,(H,13,14,15). The van der Waals surface area contributed by atoms with E-state index in [9.17, 15) is 10.1 Å². The Kier molecular flexibility index (Phi) is 3.79. The molecule has 0 amide bonds. The van der Waals surface area contributed by atoms with Crippen LogP contribution in [0.2, 0.25) is 0 Å². The van der Waals surface area contributed by atoms with Gasteiger partial charge in [-0.25, -0.2) is 15.8 Å². The van der Waals surface area contributed by atoms with Gasteiger partial charge in [-0.1, -0.05) is 6.92 Å². The minimum Gasteiger partial charge on any atom is -0.348 e. The summed E-state index contributed by atoms with van der Waals surface area (Å²) in [6.07, 6.45) is 3.42. The second kappa shape index (κ2) is 5.35. The number of hydrogen-bond donors (Lipinski definition) is 2. The van der Waals surface area contributed by atoms with E-state index in [-0.39, 0.29) is 17.5 Å². The SMILES string of the molecule is CC1CCCN(c2ncnc(NN)c2[N+](=O)[O-])C1C. The largest absolute Gasteiger partial charge is 0.354 e. The number of hydrazine groups is 1. The second-order valence-electron chi connectivity index (χ2n) is 4.85. The number of nitrogens with two attached hydrogens (primary N) is 1. The van der Waals surface area contributed by atoms with Crippen molar-refractivity contribution in [1.82, 2.24) is 9.97 Å². The molecule has 0 bridgehead atoms. The lowest BCUT2D eigenvalue weighted by molar-refractivity contribution is -0.383. The van der Waals surface area contributed by atoms with E-state index in [1.54, 1.807) is 0 Å². The maximum atomic E-state index is 11.2. The highest BCUT2D eigenvalue weighted by molar-refractivity contribution is 5.70. The molecular formula is C11H18N6O2. The van der Waals surface area contributed by atoms with E-state index in [0.29, 0.717) is 11.7 Å². The number of hydrogen-bond acceptors (Lipinski definition) is 7. The molecule has 1 fully saturated rings. The highest BCUT2D eigenvalue weighted by Gasteiger charge is 2.33. The van der Waals surface area contributed by atoms with E-state index in [4.69, 9.17) is 5.84 Å². The van der Waals surface area contributed by atoms with Crippen molar-refractivity contribution < 1.29 is 4.92 Å². The minimum atomic E-state index is -0.490. The van der Waals surface area contributed by atoms with Crippen LogP contribution < -0.4 is 16.2 Å². The quantitative estimate of drug-likeness (QED) is 0.482. The lowest BCUT2D eigenvalue weighted by Crippen LogP contribution is -2.43. The van der Waals surface area contributed by atoms with Crippen LogP contribution in [0.1, 0.15) is 26.7 Å². The van der Waals surface area contributed by atoms with Gasteiger partial charge in [0.1, 0.15) is 6.33 Å². The van der Waals surface area contributed by atoms with Crippen LogP contribution >= 0.6 is 0 Å². The van der Waals surface area contributed by atoms with Crippen LogP contribution in [0.15, 0.2) is 6.33 Å². The van der Waals surface area contributed by atoms with Gasteiger partial charge in [-0.05, 0) is 25.7 Å². The third-order valence-corrected chi connectivity index (χ3v) is 3.77. The number of aromatic nitrogens is 2. The van der Waals surface area contributed by atoms with Crippen molar-refractivity contribution >= 4 is 17.3 Å². The fraction of sp³-hybridized carbons (Fsp3) is 0.636. The monoisotopic (exact) mass is 266 g/mol. The topological polar surface area (TPSA) is 110 Å². The first-order valence-electron chi connectivity index (χ1n) is 6.29. The Morgan fingerprint density at radius 1 is 1.53 bits per heavy atom. The molecule has 8 heteroatoms. The number of rotatable bonds is 3. The van der Waals surface area contributed by atoms with Crippen LogP contribution in [0.4, 0.5) is 17.3 Å². The van der Waals surface area contributed by atoms with Crippen molar-refractivity contribution in [3.63, 3.8) is 0 Å². The number of nitro groups is 1. The maximum Gasteiger partial charge on any atom is 0.354 e. The summed E-state index contributed by atoms with van der Waals surface area (Å²) in [6, 6.07) is 0.202. The van der Waals surface area contributed by atoms with Gasteiger partial charge in [0.05, 0.1) is 4.92 Å². The van der Waals surface area contributed by atoms with Crippen LogP contribution in [-0.2, 0) is 0 Å². The maximum absolute atomic E-state index is 11.2. The molecule has 104 valence electrons. The zero-order valence-electron chi connectivity index (χ0n) is 11.0. The number of nitrogen functional groups attached to an aromatic ring is 1. The summed E-state index contributed by atoms with van der Waals surface area (Å²) in [4.78, 5) is 20.6. The zero-order chi connectivity index (χ0) is 14.0. The second-order valence-corrected chi connectivity index (χ2v) is 4.85. The van der Waals surface area contributed by atoms with Crippen LogP contribution in [0, 0.1) is 16.0 Å². The van der Waals surface area contributed by atoms with Gasteiger partial charge in [0, 0.05) is 12.6 Å². The van der Waals surface area contributed by atoms with Crippen molar-refractivity contribution in [3.8, 4) is 0 Å². The molecule has 1 saturated heterocycles. The predicted molar refractivity (Wildman–Crippen MR) is 71.7 cm³/mol. The van der Waals surface area contributed by atoms with Gasteiger partial charge in [0.2, 0.25) is 11.6 Å². The highest BCUT2D eigenvalue weighted by atomic mass is 16.6. The molecule has 2 rings (SSSR count). The molecule has 2 heterocycles. The number of anilines is 2. The molecule has 19 heavy (non-hydrogen) atoms. The van der Waals surface area contributed by atoms with E-state index in [1.807, 2.05) is 4.90 Å². The first-order chi connectivity index (χ1) is 9.06. The van der Waals surface area contributed by atoms with E-state index >= 15 is 0 Å². The van der Waals surface area contributed by atoms with Crippen molar-refractivity contribution in [3.05, 3.63) is 16.4 Å². The molecule has 1 aromatic heterocycles. The summed E-state index contributed by atoms with van der Waals surface area (Å²) >= 11 is 0. The summed E-state index contributed by atoms with van der Waals surface area (Å²) in [7, 11) is 0. The van der Waals surface area contributed by atoms with Crippen molar-refractivity contribution in [2.75, 3.05) is 16.9 Å². The molecule has 0 spiro atoms. The Labute approximate surface area is 111 Å². The van der Waals surface area contributed by atoms with Gasteiger partial charge in [-0.2, -0.15) is 0 Å². The molecule has 8 nitrogen and oxygen atoms in total. The first kappa shape index (κ1) is 13.5. The summed E-state index contributed by atoms with van der Waals surface area (Å²) in [5, 5.41) is 11.2. The fourth-order valence-corrected chi connectivity index (χ4v) is 2.49. The summed E-state index contributed by atoms with van der Waals surface area (Å²) < 4.78 is 0. The average molecular weight is 266 g/mol. The lowest BCUT2D eigenvalue weighted by Gasteiger charge is -2.38. The van der Waals surface area contributed by atoms with Crippen LogP contribution in [0.25, 0.3) is 0 Å². The lowest BCUT2D eigenvalue weighted by atomic mass is 9.92. The Balaban J connectivity index is 2.46. The van der Waals surface area contributed by atoms with Crippen LogP contribution in [0.5, 0.6) is 0 Å². The van der Waals surface area contributed by atoms with Gasteiger partial charge in [0.25, 0.3) is 0 Å². The molecule has 0 aliphatic carbocycles. The van der Waals surface area contributed by atoms with Crippen LogP contribution in [-0.4, -0.2) is 27.5 Å². The summed E-state index contributed by atoms with van der Waals surface area (Å²) in [5.41, 5.74) is 2.10. The Morgan fingerprint density at radius 2 is 2.26 bits per heavy atom. The van der Waals surface area contributed by atoms with Crippen molar-refractivity contribution in [2.45, 2.75) is 32.7 Å². The van der Waals surface area contributed by atoms with Crippen LogP contribution in [0.3, 0.4) is 0 Å². The van der Waals surface area contributed by atoms with Crippen molar-refractivity contribution in [1.29, 1.82) is 0 Å². The van der Waals surface area contributed by atoms with E-state index in [2.05, 4.69) is 29.2 Å². The van der Waals surface area contributed by atoms with Gasteiger partial charge >= 0.3 is 5.69 Å². The third-order valence-electron chi connectivity index (χ3n) is 3.77. The molecule has 2 unspecified atom stereocenters. The Morgan fingerprint density at radius 3 is 2.89 bits per heavy atom. The number of nitrogens with zero attached hydrogens (tertiary/aromatic N) is 4. The molecule has 0 saturated carbocycles. The molecule has 1 aliphatic heterocycles. The summed E-state index contributed by atoms with van der Waals surface area (Å²) in [6.45, 7) is 4.96. The van der Waals surface area contributed by atoms with E-state index in [1.165, 1.54) is 6.33 Å². The molecule has 0 radical (unpaired) electrons. The molecule has 1 aromatic rings. The molecule has 3 N–H and O–H groups in total. The number of nitrogens with one attached hydrogen (secondary N) is 1. The van der Waals surface area contributed by atoms with Gasteiger partial charge in [-0.3, -0.25) is 10.1 Å². The minimum absolute atomic E-state index is 0.0421. The average Bonchev–Trinajstić information content (AvgIpc) is 2.40. The Bertz CT molecular complexity index is 480. The molecule has 0 aromatic carbocycles. The zero-order valence-corrected chi connectivity index (χ0v) is 11.0. The number of piperidine rings is 1. The fourth-order valence-electron chi connectivity index (χ4n) is 2.49. The van der Waals surface area contributed by atoms with Gasteiger partial charge < -0.3 is 10.3 Å². The molecule has 2 atom stereocenters. The van der Waals surface area contributed by atoms with E-state index < -0.39 is 4.92 Å². The van der Waals surface area contributed by atoms with Gasteiger partial charge in [-0.15, -0.1) is 0 Å². The van der Waals surface area contributed by atoms with E-state index in [0.717, 1.165) is 19.4 Å². The molecular weight excluding hydrogens is 248 g/mol. The van der Waals surface area contributed by atoms with Crippen molar-refractivity contribution in [2.24, 2.45) is 11.8 Å². The molecule has 1 aliphatic rings. The Hall–Kier alpha value is -1.96.